The van der Waals surface area contributed by atoms with Crippen LogP contribution in [0.3, 0.4) is 0 Å². The molecule has 0 bridgehead atoms. The van der Waals surface area contributed by atoms with Gasteiger partial charge >= 0.3 is 0 Å². The maximum absolute atomic E-state index is 11.7. The smallest absolute Gasteiger partial charge is 0.275 e. The fourth-order valence-corrected chi connectivity index (χ4v) is 2.95. The first kappa shape index (κ1) is 13.5. The minimum absolute atomic E-state index is 0.268. The van der Waals surface area contributed by atoms with Crippen LogP contribution in [0.1, 0.15) is 15.2 Å². The lowest BCUT2D eigenvalue weighted by Gasteiger charge is -2.03. The molecular weight excluding hydrogens is 284 g/mol. The molecule has 21 heavy (non-hydrogen) atoms. The number of nitrogens with zero attached hydrogens (tertiary/aromatic N) is 2. The number of nitrogen functional groups attached to an aromatic ring is 1. The largest absolute Gasteiger partial charge is 0.289 e. The number of benzene rings is 1. The number of hydrogen-bond acceptors (Lipinski definition) is 4. The third-order valence-corrected chi connectivity index (χ3v) is 4.11. The number of aromatic nitrogens is 2. The van der Waals surface area contributed by atoms with E-state index in [1.807, 2.05) is 58.9 Å². The predicted octanol–water partition coefficient (Wildman–Crippen LogP) is 2.26. The molecule has 3 N–H and O–H groups in total. The van der Waals surface area contributed by atoms with Crippen molar-refractivity contribution in [2.24, 2.45) is 5.84 Å². The molecule has 1 aromatic carbocycles. The molecule has 0 atom stereocenters. The van der Waals surface area contributed by atoms with E-state index in [0.717, 1.165) is 16.7 Å². The van der Waals surface area contributed by atoms with E-state index in [-0.39, 0.29) is 5.91 Å². The number of thiophene rings is 1. The van der Waals surface area contributed by atoms with Crippen molar-refractivity contribution in [1.82, 2.24) is 15.2 Å². The van der Waals surface area contributed by atoms with Crippen molar-refractivity contribution in [2.45, 2.75) is 6.54 Å². The molecule has 0 spiro atoms. The first-order chi connectivity index (χ1) is 10.3. The molecule has 0 fully saturated rings. The average Bonchev–Trinajstić information content (AvgIpc) is 3.17. The second-order valence-electron chi connectivity index (χ2n) is 4.54. The SMILES string of the molecule is NNC(=O)c1sccc1Cn1cc(-c2ccccc2)cn1. The highest BCUT2D eigenvalue weighted by molar-refractivity contribution is 7.12. The van der Waals surface area contributed by atoms with Crippen LogP contribution in [0, 0.1) is 0 Å². The number of carbonyl (C=O) groups is 1. The van der Waals surface area contributed by atoms with Crippen LogP contribution < -0.4 is 11.3 Å². The van der Waals surface area contributed by atoms with Crippen molar-refractivity contribution in [3.05, 3.63) is 64.6 Å². The summed E-state index contributed by atoms with van der Waals surface area (Å²) in [4.78, 5) is 12.3. The molecule has 0 saturated heterocycles. The summed E-state index contributed by atoms with van der Waals surface area (Å²) < 4.78 is 1.82. The summed E-state index contributed by atoms with van der Waals surface area (Å²) in [6.07, 6.45) is 3.79. The summed E-state index contributed by atoms with van der Waals surface area (Å²) in [5.74, 6) is 4.92. The van der Waals surface area contributed by atoms with Crippen molar-refractivity contribution in [3.63, 3.8) is 0 Å². The molecule has 0 aliphatic heterocycles. The monoisotopic (exact) mass is 298 g/mol. The normalized spacial score (nSPS) is 10.5. The number of nitrogens with one attached hydrogen (secondary N) is 1. The number of rotatable bonds is 4. The molecule has 0 radical (unpaired) electrons. The first-order valence-electron chi connectivity index (χ1n) is 6.43. The van der Waals surface area contributed by atoms with Crippen LogP contribution in [0.4, 0.5) is 0 Å². The Hall–Kier alpha value is -2.44. The quantitative estimate of drug-likeness (QED) is 0.441. The molecule has 1 amide bonds. The van der Waals surface area contributed by atoms with E-state index < -0.39 is 0 Å². The topological polar surface area (TPSA) is 72.9 Å². The van der Waals surface area contributed by atoms with Crippen LogP contribution in [0.5, 0.6) is 0 Å². The molecule has 2 aromatic heterocycles. The lowest BCUT2D eigenvalue weighted by atomic mass is 10.1. The van der Waals surface area contributed by atoms with Crippen LogP contribution >= 0.6 is 11.3 Å². The van der Waals surface area contributed by atoms with Crippen molar-refractivity contribution < 1.29 is 4.79 Å². The zero-order valence-corrected chi connectivity index (χ0v) is 12.0. The Bertz CT molecular complexity index is 748. The van der Waals surface area contributed by atoms with Gasteiger partial charge in [-0.2, -0.15) is 5.10 Å². The van der Waals surface area contributed by atoms with E-state index in [0.29, 0.717) is 11.4 Å². The lowest BCUT2D eigenvalue weighted by Crippen LogP contribution is -2.30. The Kier molecular flexibility index (Phi) is 3.81. The third-order valence-electron chi connectivity index (χ3n) is 3.16. The van der Waals surface area contributed by atoms with Gasteiger partial charge < -0.3 is 0 Å². The number of hydrazine groups is 1. The molecule has 0 aliphatic carbocycles. The number of nitrogens with two attached hydrogens (primary N) is 1. The standard InChI is InChI=1S/C15H14N4OS/c16-18-15(20)14-12(6-7-21-14)9-19-10-13(8-17-19)11-4-2-1-3-5-11/h1-8,10H,9,16H2,(H,18,20). The van der Waals surface area contributed by atoms with E-state index in [1.165, 1.54) is 11.3 Å². The van der Waals surface area contributed by atoms with Crippen molar-refractivity contribution in [3.8, 4) is 11.1 Å². The van der Waals surface area contributed by atoms with Gasteiger partial charge in [0, 0.05) is 11.8 Å². The highest BCUT2D eigenvalue weighted by Gasteiger charge is 2.12. The Morgan fingerprint density at radius 3 is 2.81 bits per heavy atom. The Labute approximate surface area is 126 Å². The summed E-state index contributed by atoms with van der Waals surface area (Å²) in [6.45, 7) is 0.541. The minimum Gasteiger partial charge on any atom is -0.289 e. The molecule has 0 saturated carbocycles. The van der Waals surface area contributed by atoms with E-state index in [4.69, 9.17) is 5.84 Å². The fourth-order valence-electron chi connectivity index (χ4n) is 2.13. The molecule has 6 heteroatoms. The van der Waals surface area contributed by atoms with Gasteiger partial charge in [-0.25, -0.2) is 5.84 Å². The second kappa shape index (κ2) is 5.90. The van der Waals surface area contributed by atoms with Gasteiger partial charge in [-0.05, 0) is 22.6 Å². The van der Waals surface area contributed by atoms with Crippen LogP contribution in [-0.2, 0) is 6.54 Å². The molecule has 106 valence electrons. The van der Waals surface area contributed by atoms with Crippen LogP contribution in [0.2, 0.25) is 0 Å². The molecule has 3 aromatic rings. The Morgan fingerprint density at radius 1 is 1.24 bits per heavy atom. The van der Waals surface area contributed by atoms with Gasteiger partial charge in [0.2, 0.25) is 0 Å². The van der Waals surface area contributed by atoms with E-state index in [2.05, 4.69) is 10.5 Å². The van der Waals surface area contributed by atoms with Crippen LogP contribution in [-0.4, -0.2) is 15.7 Å². The van der Waals surface area contributed by atoms with Crippen molar-refractivity contribution in [2.75, 3.05) is 0 Å². The van der Waals surface area contributed by atoms with Crippen molar-refractivity contribution >= 4 is 17.2 Å². The Morgan fingerprint density at radius 2 is 2.05 bits per heavy atom. The van der Waals surface area contributed by atoms with Crippen LogP contribution in [0.25, 0.3) is 11.1 Å². The summed E-state index contributed by atoms with van der Waals surface area (Å²) >= 11 is 1.37. The third kappa shape index (κ3) is 2.86. The van der Waals surface area contributed by atoms with Crippen molar-refractivity contribution in [1.29, 1.82) is 0 Å². The lowest BCUT2D eigenvalue weighted by molar-refractivity contribution is 0.0956. The maximum atomic E-state index is 11.7. The number of carbonyl (C=O) groups excluding carboxylic acids is 1. The Balaban J connectivity index is 1.82. The van der Waals surface area contributed by atoms with E-state index in [1.54, 1.807) is 0 Å². The van der Waals surface area contributed by atoms with E-state index >= 15 is 0 Å². The van der Waals surface area contributed by atoms with Gasteiger partial charge in [0.05, 0.1) is 17.6 Å². The zero-order chi connectivity index (χ0) is 14.7. The van der Waals surface area contributed by atoms with Gasteiger partial charge in [-0.3, -0.25) is 14.9 Å². The van der Waals surface area contributed by atoms with Gasteiger partial charge in [0.1, 0.15) is 0 Å². The molecule has 0 aliphatic rings. The minimum atomic E-state index is -0.268. The molecular formula is C15H14N4OS. The molecule has 2 heterocycles. The van der Waals surface area contributed by atoms with Gasteiger partial charge in [0.25, 0.3) is 5.91 Å². The fraction of sp³-hybridized carbons (Fsp3) is 0.0667. The summed E-state index contributed by atoms with van der Waals surface area (Å²) in [6, 6.07) is 12.0. The molecule has 5 nitrogen and oxygen atoms in total. The van der Waals surface area contributed by atoms with Gasteiger partial charge in [0.15, 0.2) is 0 Å². The summed E-state index contributed by atoms with van der Waals surface area (Å²) in [7, 11) is 0. The average molecular weight is 298 g/mol. The first-order valence-corrected chi connectivity index (χ1v) is 7.31. The highest BCUT2D eigenvalue weighted by Crippen LogP contribution is 2.20. The summed E-state index contributed by atoms with van der Waals surface area (Å²) in [5.41, 5.74) is 5.25. The number of hydrogen-bond donors (Lipinski definition) is 2. The predicted molar refractivity (Wildman–Crippen MR) is 82.7 cm³/mol. The van der Waals surface area contributed by atoms with Gasteiger partial charge in [-0.1, -0.05) is 30.3 Å². The number of amides is 1. The van der Waals surface area contributed by atoms with Crippen LogP contribution in [0.15, 0.2) is 54.2 Å². The summed E-state index contributed by atoms with van der Waals surface area (Å²) in [5, 5.41) is 6.23. The second-order valence-corrected chi connectivity index (χ2v) is 5.46. The maximum Gasteiger partial charge on any atom is 0.275 e. The van der Waals surface area contributed by atoms with E-state index in [9.17, 15) is 4.79 Å². The highest BCUT2D eigenvalue weighted by atomic mass is 32.1. The molecule has 0 unspecified atom stereocenters. The molecule has 3 rings (SSSR count). The van der Waals surface area contributed by atoms with Gasteiger partial charge in [-0.15, -0.1) is 11.3 Å². The zero-order valence-electron chi connectivity index (χ0n) is 11.2.